The van der Waals surface area contributed by atoms with Crippen LogP contribution >= 0.6 is 15.9 Å². The summed E-state index contributed by atoms with van der Waals surface area (Å²) in [7, 11) is 1.65. The normalized spacial score (nSPS) is 12.9. The maximum atomic E-state index is 5.46. The molecular formula is C17H13BrN4O. The SMILES string of the molecule is COc1cnc2n1-c1ccc(Br)cc1C(c1ccccn1)=NC2. The van der Waals surface area contributed by atoms with Crippen molar-refractivity contribution < 1.29 is 4.74 Å². The molecule has 1 aliphatic rings. The predicted molar refractivity (Wildman–Crippen MR) is 91.4 cm³/mol. The molecule has 0 saturated heterocycles. The van der Waals surface area contributed by atoms with Crippen molar-refractivity contribution in [2.45, 2.75) is 6.54 Å². The van der Waals surface area contributed by atoms with Crippen LogP contribution in [0.5, 0.6) is 5.88 Å². The van der Waals surface area contributed by atoms with Gasteiger partial charge in [-0.2, -0.15) is 0 Å². The Morgan fingerprint density at radius 1 is 1.17 bits per heavy atom. The first-order valence-electron chi connectivity index (χ1n) is 7.14. The van der Waals surface area contributed by atoms with Crippen LogP contribution < -0.4 is 4.74 Å². The zero-order chi connectivity index (χ0) is 15.8. The second-order valence-corrected chi connectivity index (χ2v) is 6.01. The van der Waals surface area contributed by atoms with Gasteiger partial charge in [0.1, 0.15) is 5.82 Å². The van der Waals surface area contributed by atoms with E-state index in [9.17, 15) is 0 Å². The molecule has 0 bridgehead atoms. The molecule has 3 aromatic rings. The molecule has 0 atom stereocenters. The second-order valence-electron chi connectivity index (χ2n) is 5.09. The number of fused-ring (bicyclic) bond motifs is 3. The van der Waals surface area contributed by atoms with E-state index in [0.717, 1.165) is 33.0 Å². The van der Waals surface area contributed by atoms with Gasteiger partial charge < -0.3 is 4.74 Å². The van der Waals surface area contributed by atoms with Crippen LogP contribution in [0.4, 0.5) is 0 Å². The van der Waals surface area contributed by atoms with Gasteiger partial charge in [0.25, 0.3) is 0 Å². The van der Waals surface area contributed by atoms with Crippen molar-refractivity contribution in [1.82, 2.24) is 14.5 Å². The zero-order valence-corrected chi connectivity index (χ0v) is 14.0. The van der Waals surface area contributed by atoms with Gasteiger partial charge in [-0.1, -0.05) is 22.0 Å². The highest BCUT2D eigenvalue weighted by atomic mass is 79.9. The molecule has 0 aliphatic carbocycles. The van der Waals surface area contributed by atoms with E-state index in [1.165, 1.54) is 0 Å². The van der Waals surface area contributed by atoms with Crippen molar-refractivity contribution in [2.75, 3.05) is 7.11 Å². The number of benzene rings is 1. The van der Waals surface area contributed by atoms with Gasteiger partial charge in [0.15, 0.2) is 0 Å². The number of rotatable bonds is 2. The third-order valence-corrected chi connectivity index (χ3v) is 4.25. The third kappa shape index (κ3) is 2.35. The number of methoxy groups -OCH3 is 1. The molecule has 0 spiro atoms. The monoisotopic (exact) mass is 368 g/mol. The van der Waals surface area contributed by atoms with Crippen molar-refractivity contribution in [1.29, 1.82) is 0 Å². The highest BCUT2D eigenvalue weighted by Gasteiger charge is 2.22. The first-order chi connectivity index (χ1) is 11.3. The number of nitrogens with zero attached hydrogens (tertiary/aromatic N) is 4. The molecule has 6 heteroatoms. The van der Waals surface area contributed by atoms with Crippen LogP contribution in [-0.2, 0) is 6.54 Å². The van der Waals surface area contributed by atoms with Gasteiger partial charge in [-0.05, 0) is 30.3 Å². The maximum Gasteiger partial charge on any atom is 0.218 e. The lowest BCUT2D eigenvalue weighted by Crippen LogP contribution is -2.09. The summed E-state index contributed by atoms with van der Waals surface area (Å²) in [6, 6.07) is 11.9. The van der Waals surface area contributed by atoms with Crippen LogP contribution in [0.25, 0.3) is 5.69 Å². The molecule has 114 valence electrons. The molecule has 4 rings (SSSR count). The van der Waals surface area contributed by atoms with Gasteiger partial charge in [0.05, 0.1) is 36.9 Å². The topological polar surface area (TPSA) is 52.3 Å². The van der Waals surface area contributed by atoms with Crippen molar-refractivity contribution in [3.63, 3.8) is 0 Å². The van der Waals surface area contributed by atoms with Crippen molar-refractivity contribution >= 4 is 21.6 Å². The summed E-state index contributed by atoms with van der Waals surface area (Å²) in [5.74, 6) is 1.54. The van der Waals surface area contributed by atoms with Crippen molar-refractivity contribution in [2.24, 2.45) is 4.99 Å². The number of halogens is 1. The van der Waals surface area contributed by atoms with E-state index in [4.69, 9.17) is 9.73 Å². The Bertz CT molecular complexity index is 902. The Kier molecular flexibility index (Phi) is 3.46. The minimum atomic E-state index is 0.474. The molecule has 2 aromatic heterocycles. The summed E-state index contributed by atoms with van der Waals surface area (Å²) in [4.78, 5) is 13.7. The van der Waals surface area contributed by atoms with Crippen LogP contribution in [0.3, 0.4) is 0 Å². The average Bonchev–Trinajstić information content (AvgIpc) is 2.92. The number of aliphatic imine (C=N–C) groups is 1. The molecule has 3 heterocycles. The lowest BCUT2D eigenvalue weighted by molar-refractivity contribution is 0.388. The first-order valence-corrected chi connectivity index (χ1v) is 7.94. The van der Waals surface area contributed by atoms with Gasteiger partial charge in [0.2, 0.25) is 5.88 Å². The number of ether oxygens (including phenoxy) is 1. The molecular weight excluding hydrogens is 356 g/mol. The Labute approximate surface area is 141 Å². The molecule has 1 aromatic carbocycles. The van der Waals surface area contributed by atoms with Gasteiger partial charge in [0, 0.05) is 16.2 Å². The molecule has 0 fully saturated rings. The number of aromatic nitrogens is 3. The van der Waals surface area contributed by atoms with Crippen LogP contribution in [0.1, 0.15) is 17.1 Å². The van der Waals surface area contributed by atoms with E-state index >= 15 is 0 Å². The van der Waals surface area contributed by atoms with Crippen LogP contribution in [0, 0.1) is 0 Å². The van der Waals surface area contributed by atoms with Crippen LogP contribution in [-0.4, -0.2) is 27.4 Å². The molecule has 0 radical (unpaired) electrons. The number of hydrogen-bond donors (Lipinski definition) is 0. The fourth-order valence-corrected chi connectivity index (χ4v) is 3.10. The lowest BCUT2D eigenvalue weighted by atomic mass is 10.0. The first kappa shape index (κ1) is 14.1. The summed E-state index contributed by atoms with van der Waals surface area (Å²) in [5.41, 5.74) is 3.68. The molecule has 0 saturated carbocycles. The Morgan fingerprint density at radius 3 is 2.87 bits per heavy atom. The number of hydrogen-bond acceptors (Lipinski definition) is 4. The fraction of sp³-hybridized carbons (Fsp3) is 0.118. The molecule has 0 unspecified atom stereocenters. The van der Waals surface area contributed by atoms with Gasteiger partial charge in [-0.25, -0.2) is 4.98 Å². The smallest absolute Gasteiger partial charge is 0.218 e. The van der Waals surface area contributed by atoms with E-state index in [1.54, 1.807) is 19.5 Å². The Hall–Kier alpha value is -2.47. The van der Waals surface area contributed by atoms with Crippen LogP contribution in [0.15, 0.2) is 58.3 Å². The molecule has 0 amide bonds. The second kappa shape index (κ2) is 5.62. The highest BCUT2D eigenvalue weighted by Crippen LogP contribution is 2.30. The average molecular weight is 369 g/mol. The Morgan fingerprint density at radius 2 is 2.09 bits per heavy atom. The standard InChI is InChI=1S/C17H13BrN4O/c1-23-16-10-20-15-9-21-17(13-4-2-3-7-19-13)12-8-11(18)5-6-14(12)22(15)16/h2-8,10H,9H2,1H3. The molecule has 1 aliphatic heterocycles. The lowest BCUT2D eigenvalue weighted by Gasteiger charge is -2.13. The summed E-state index contributed by atoms with van der Waals surface area (Å²) in [6.45, 7) is 0.474. The van der Waals surface area contributed by atoms with E-state index in [0.29, 0.717) is 12.4 Å². The van der Waals surface area contributed by atoms with E-state index in [2.05, 4.69) is 32.0 Å². The van der Waals surface area contributed by atoms with Crippen molar-refractivity contribution in [3.8, 4) is 11.6 Å². The summed E-state index contributed by atoms with van der Waals surface area (Å²) in [6.07, 6.45) is 3.50. The minimum Gasteiger partial charge on any atom is -0.481 e. The van der Waals surface area contributed by atoms with Gasteiger partial charge in [-0.3, -0.25) is 14.5 Å². The molecule has 23 heavy (non-hydrogen) atoms. The third-order valence-electron chi connectivity index (χ3n) is 3.75. The summed E-state index contributed by atoms with van der Waals surface area (Å²) >= 11 is 3.55. The molecule has 5 nitrogen and oxygen atoms in total. The zero-order valence-electron chi connectivity index (χ0n) is 12.4. The number of pyridine rings is 1. The quantitative estimate of drug-likeness (QED) is 0.696. The molecule has 0 N–H and O–H groups in total. The summed E-state index contributed by atoms with van der Waals surface area (Å²) in [5, 5.41) is 0. The van der Waals surface area contributed by atoms with Crippen LogP contribution in [0.2, 0.25) is 0 Å². The van der Waals surface area contributed by atoms with E-state index in [1.807, 2.05) is 34.9 Å². The van der Waals surface area contributed by atoms with Gasteiger partial charge in [-0.15, -0.1) is 0 Å². The van der Waals surface area contributed by atoms with E-state index in [-0.39, 0.29) is 0 Å². The number of imidazole rings is 1. The minimum absolute atomic E-state index is 0.474. The highest BCUT2D eigenvalue weighted by molar-refractivity contribution is 9.10. The Balaban J connectivity index is 2.00. The summed E-state index contributed by atoms with van der Waals surface area (Å²) < 4.78 is 8.45. The van der Waals surface area contributed by atoms with Gasteiger partial charge >= 0.3 is 0 Å². The maximum absolute atomic E-state index is 5.46. The fourth-order valence-electron chi connectivity index (χ4n) is 2.74. The van der Waals surface area contributed by atoms with Crippen molar-refractivity contribution in [3.05, 3.63) is 70.3 Å². The largest absolute Gasteiger partial charge is 0.481 e. The van der Waals surface area contributed by atoms with E-state index < -0.39 is 0 Å². The predicted octanol–water partition coefficient (Wildman–Crippen LogP) is 3.39.